The van der Waals surface area contributed by atoms with Crippen molar-refractivity contribution in [3.63, 3.8) is 0 Å². The first-order chi connectivity index (χ1) is 10.6. The van der Waals surface area contributed by atoms with Gasteiger partial charge in [-0.05, 0) is 12.3 Å². The lowest BCUT2D eigenvalue weighted by Crippen LogP contribution is -2.37. The number of aryl methyl sites for hydroxylation is 2. The molecule has 6 heteroatoms. The topological polar surface area (TPSA) is 56.9 Å². The second kappa shape index (κ2) is 6.12. The van der Waals surface area contributed by atoms with Gasteiger partial charge in [0.2, 0.25) is 5.88 Å². The molecule has 0 aromatic carbocycles. The van der Waals surface area contributed by atoms with Gasteiger partial charge >= 0.3 is 0 Å². The molecule has 1 aliphatic rings. The van der Waals surface area contributed by atoms with Gasteiger partial charge in [0.15, 0.2) is 0 Å². The van der Waals surface area contributed by atoms with Gasteiger partial charge in [0.25, 0.3) is 0 Å². The monoisotopic (exact) mass is 303 g/mol. The molecule has 0 saturated heterocycles. The Morgan fingerprint density at radius 1 is 1.45 bits per heavy atom. The predicted octanol–water partition coefficient (Wildman–Crippen LogP) is 1.85. The zero-order chi connectivity index (χ0) is 15.7. The number of imidazole rings is 1. The zero-order valence-electron chi connectivity index (χ0n) is 13.8. The van der Waals surface area contributed by atoms with Crippen LogP contribution in [0.5, 0.6) is 5.88 Å². The Morgan fingerprint density at radius 3 is 3.00 bits per heavy atom. The standard InChI is InChI=1S/C16H25N5O/c1-11(2)15-13(16(22-4)20(3)19-15)9-18-12-5-6-14-17-7-8-21(14)10-12/h7-8,11-12,18H,5-6,9-10H2,1-4H3/t12-/m1/s1. The quantitative estimate of drug-likeness (QED) is 0.916. The van der Waals surface area contributed by atoms with Crippen molar-refractivity contribution in [2.45, 2.75) is 51.7 Å². The van der Waals surface area contributed by atoms with Gasteiger partial charge in [-0.3, -0.25) is 0 Å². The highest BCUT2D eigenvalue weighted by Gasteiger charge is 2.22. The van der Waals surface area contributed by atoms with E-state index in [9.17, 15) is 0 Å². The molecule has 0 amide bonds. The number of fused-ring (bicyclic) bond motifs is 1. The molecule has 0 fully saturated rings. The molecule has 0 aliphatic carbocycles. The Labute approximate surface area is 131 Å². The van der Waals surface area contributed by atoms with Gasteiger partial charge in [-0.1, -0.05) is 13.8 Å². The van der Waals surface area contributed by atoms with E-state index in [0.29, 0.717) is 12.0 Å². The van der Waals surface area contributed by atoms with Crippen LogP contribution < -0.4 is 10.1 Å². The van der Waals surface area contributed by atoms with E-state index in [1.54, 1.807) is 7.11 Å². The molecule has 6 nitrogen and oxygen atoms in total. The van der Waals surface area contributed by atoms with Crippen LogP contribution in [0.3, 0.4) is 0 Å². The molecule has 0 saturated carbocycles. The van der Waals surface area contributed by atoms with Crippen LogP contribution in [0.15, 0.2) is 12.4 Å². The first-order valence-corrected chi connectivity index (χ1v) is 7.93. The molecule has 2 aromatic rings. The van der Waals surface area contributed by atoms with Crippen LogP contribution in [0.1, 0.15) is 43.3 Å². The lowest BCUT2D eigenvalue weighted by Gasteiger charge is -2.25. The number of nitrogens with one attached hydrogen (secondary N) is 1. The highest BCUT2D eigenvalue weighted by Crippen LogP contribution is 2.27. The number of aromatic nitrogens is 4. The maximum Gasteiger partial charge on any atom is 0.216 e. The van der Waals surface area contributed by atoms with Gasteiger partial charge in [0, 0.05) is 45.0 Å². The van der Waals surface area contributed by atoms with Gasteiger partial charge in [0.05, 0.1) is 18.4 Å². The number of hydrogen-bond donors (Lipinski definition) is 1. The Bertz CT molecular complexity index is 643. The maximum absolute atomic E-state index is 5.54. The Kier molecular flexibility index (Phi) is 4.20. The molecular weight excluding hydrogens is 278 g/mol. The van der Waals surface area contributed by atoms with Crippen molar-refractivity contribution in [2.75, 3.05) is 7.11 Å². The summed E-state index contributed by atoms with van der Waals surface area (Å²) in [6.45, 7) is 6.11. The van der Waals surface area contributed by atoms with E-state index in [1.165, 1.54) is 11.4 Å². The van der Waals surface area contributed by atoms with E-state index in [-0.39, 0.29) is 0 Å². The van der Waals surface area contributed by atoms with Gasteiger partial charge in [-0.2, -0.15) is 5.10 Å². The van der Waals surface area contributed by atoms with E-state index in [1.807, 2.05) is 17.9 Å². The van der Waals surface area contributed by atoms with Gasteiger partial charge in [-0.25, -0.2) is 9.67 Å². The molecule has 1 atom stereocenters. The third kappa shape index (κ3) is 2.75. The molecule has 1 aliphatic heterocycles. The van der Waals surface area contributed by atoms with Crippen LogP contribution in [0.2, 0.25) is 0 Å². The molecule has 0 unspecified atom stereocenters. The zero-order valence-corrected chi connectivity index (χ0v) is 13.8. The molecule has 1 N–H and O–H groups in total. The van der Waals surface area contributed by atoms with Crippen LogP contribution >= 0.6 is 0 Å². The molecule has 0 bridgehead atoms. The SMILES string of the molecule is COc1c(CN[C@@H]2CCc3nccn3C2)c(C(C)C)nn1C. The fourth-order valence-electron chi connectivity index (χ4n) is 3.24. The fourth-order valence-corrected chi connectivity index (χ4v) is 3.24. The van der Waals surface area contributed by atoms with Crippen LogP contribution in [-0.4, -0.2) is 32.5 Å². The van der Waals surface area contributed by atoms with Gasteiger partial charge in [-0.15, -0.1) is 0 Å². The molecular formula is C16H25N5O. The molecule has 120 valence electrons. The van der Waals surface area contributed by atoms with Gasteiger partial charge in [0.1, 0.15) is 5.82 Å². The number of rotatable bonds is 5. The second-order valence-corrected chi connectivity index (χ2v) is 6.26. The summed E-state index contributed by atoms with van der Waals surface area (Å²) in [4.78, 5) is 4.38. The summed E-state index contributed by atoms with van der Waals surface area (Å²) < 4.78 is 9.61. The van der Waals surface area contributed by atoms with E-state index in [2.05, 4.69) is 40.0 Å². The Morgan fingerprint density at radius 2 is 2.27 bits per heavy atom. The second-order valence-electron chi connectivity index (χ2n) is 6.26. The fraction of sp³-hybridized carbons (Fsp3) is 0.625. The summed E-state index contributed by atoms with van der Waals surface area (Å²) in [5, 5.41) is 8.28. The lowest BCUT2D eigenvalue weighted by molar-refractivity contribution is 0.356. The highest BCUT2D eigenvalue weighted by atomic mass is 16.5. The average Bonchev–Trinajstić information content (AvgIpc) is 3.08. The largest absolute Gasteiger partial charge is 0.481 e. The Hall–Kier alpha value is -1.82. The van der Waals surface area contributed by atoms with Crippen molar-refractivity contribution in [1.29, 1.82) is 0 Å². The molecule has 0 radical (unpaired) electrons. The maximum atomic E-state index is 5.54. The molecule has 2 aromatic heterocycles. The van der Waals surface area contributed by atoms with E-state index in [4.69, 9.17) is 4.74 Å². The van der Waals surface area contributed by atoms with Crippen LogP contribution in [0.25, 0.3) is 0 Å². The molecule has 3 heterocycles. The number of hydrogen-bond acceptors (Lipinski definition) is 4. The summed E-state index contributed by atoms with van der Waals surface area (Å²) in [6, 6.07) is 0.464. The van der Waals surface area contributed by atoms with Crippen LogP contribution in [0, 0.1) is 0 Å². The van der Waals surface area contributed by atoms with E-state index < -0.39 is 0 Å². The predicted molar refractivity (Wildman–Crippen MR) is 85.0 cm³/mol. The van der Waals surface area contributed by atoms with Gasteiger partial charge < -0.3 is 14.6 Å². The smallest absolute Gasteiger partial charge is 0.216 e. The summed E-state index contributed by atoms with van der Waals surface area (Å²) in [6.07, 6.45) is 6.11. The first kappa shape index (κ1) is 15.1. The normalized spacial score (nSPS) is 17.8. The Balaban J connectivity index is 1.72. The van der Waals surface area contributed by atoms with E-state index in [0.717, 1.165) is 37.5 Å². The van der Waals surface area contributed by atoms with Crippen LogP contribution in [-0.2, 0) is 26.6 Å². The lowest BCUT2D eigenvalue weighted by atomic mass is 10.0. The summed E-state index contributed by atoms with van der Waals surface area (Å²) in [5.41, 5.74) is 2.29. The average molecular weight is 303 g/mol. The third-order valence-electron chi connectivity index (χ3n) is 4.36. The van der Waals surface area contributed by atoms with Crippen LogP contribution in [0.4, 0.5) is 0 Å². The van der Waals surface area contributed by atoms with Crippen molar-refractivity contribution < 1.29 is 4.74 Å². The van der Waals surface area contributed by atoms with E-state index >= 15 is 0 Å². The third-order valence-corrected chi connectivity index (χ3v) is 4.36. The van der Waals surface area contributed by atoms with Crippen molar-refractivity contribution >= 4 is 0 Å². The number of methoxy groups -OCH3 is 1. The van der Waals surface area contributed by atoms with Crippen molar-refractivity contribution in [2.24, 2.45) is 7.05 Å². The minimum absolute atomic E-state index is 0.388. The molecule has 22 heavy (non-hydrogen) atoms. The van der Waals surface area contributed by atoms with Crippen molar-refractivity contribution in [3.8, 4) is 5.88 Å². The highest BCUT2D eigenvalue weighted by molar-refractivity contribution is 5.33. The molecule has 0 spiro atoms. The number of ether oxygens (including phenoxy) is 1. The summed E-state index contributed by atoms with van der Waals surface area (Å²) in [7, 11) is 3.65. The number of nitrogens with zero attached hydrogens (tertiary/aromatic N) is 4. The first-order valence-electron chi connectivity index (χ1n) is 7.93. The minimum atomic E-state index is 0.388. The van der Waals surface area contributed by atoms with Crippen molar-refractivity contribution in [1.82, 2.24) is 24.6 Å². The summed E-state index contributed by atoms with van der Waals surface area (Å²) >= 11 is 0. The van der Waals surface area contributed by atoms with Crippen molar-refractivity contribution in [3.05, 3.63) is 29.5 Å². The minimum Gasteiger partial charge on any atom is -0.481 e. The molecule has 3 rings (SSSR count). The summed E-state index contributed by atoms with van der Waals surface area (Å²) in [5.74, 6) is 2.44.